The summed E-state index contributed by atoms with van der Waals surface area (Å²) < 4.78 is 1.58. The van der Waals surface area contributed by atoms with Crippen LogP contribution < -0.4 is 5.32 Å². The van der Waals surface area contributed by atoms with Crippen LogP contribution in [0, 0.1) is 6.92 Å². The Bertz CT molecular complexity index is 1170. The third kappa shape index (κ3) is 4.47. The zero-order valence-electron chi connectivity index (χ0n) is 15.4. The second-order valence-corrected chi connectivity index (χ2v) is 7.33. The van der Waals surface area contributed by atoms with Crippen LogP contribution in [0.25, 0.3) is 11.3 Å². The van der Waals surface area contributed by atoms with Crippen molar-refractivity contribution in [3.05, 3.63) is 81.7 Å². The van der Waals surface area contributed by atoms with Gasteiger partial charge in [-0.2, -0.15) is 5.10 Å². The smallest absolute Gasteiger partial charge is 0.276 e. The van der Waals surface area contributed by atoms with Gasteiger partial charge >= 0.3 is 0 Å². The number of carbonyl (C=O) groups excluding carboxylic acids is 1. The lowest BCUT2D eigenvalue weighted by molar-refractivity contribution is 0.102. The maximum atomic E-state index is 12.5. The molecule has 4 aromatic rings. The normalized spacial score (nSPS) is 10.9. The average molecular weight is 427 g/mol. The highest BCUT2D eigenvalue weighted by atomic mass is 35.5. The fourth-order valence-electron chi connectivity index (χ4n) is 2.73. The summed E-state index contributed by atoms with van der Waals surface area (Å²) in [4.78, 5) is 16.6. The Hall–Kier alpha value is -3.16. The lowest BCUT2D eigenvalue weighted by Crippen LogP contribution is -2.14. The highest BCUT2D eigenvalue weighted by molar-refractivity contribution is 6.35. The highest BCUT2D eigenvalue weighted by Crippen LogP contribution is 2.22. The Balaban J connectivity index is 1.43. The number of nitrogens with zero attached hydrogens (tertiary/aromatic N) is 4. The van der Waals surface area contributed by atoms with Crippen molar-refractivity contribution < 1.29 is 4.79 Å². The van der Waals surface area contributed by atoms with Gasteiger partial charge in [0.25, 0.3) is 5.91 Å². The van der Waals surface area contributed by atoms with Crippen LogP contribution >= 0.6 is 23.2 Å². The summed E-state index contributed by atoms with van der Waals surface area (Å²) in [7, 11) is 0. The van der Waals surface area contributed by atoms with E-state index in [-0.39, 0.29) is 11.9 Å². The average Bonchev–Trinajstić information content (AvgIpc) is 3.34. The predicted octanol–water partition coefficient (Wildman–Crippen LogP) is 4.58. The number of aryl methyl sites for hydroxylation is 1. The van der Waals surface area contributed by atoms with E-state index < -0.39 is 0 Å². The quantitative estimate of drug-likeness (QED) is 0.488. The van der Waals surface area contributed by atoms with Crippen LogP contribution in [0.2, 0.25) is 10.0 Å². The number of benzene rings is 2. The van der Waals surface area contributed by atoms with Crippen LogP contribution in [0.5, 0.6) is 0 Å². The summed E-state index contributed by atoms with van der Waals surface area (Å²) in [6, 6.07) is 14.8. The highest BCUT2D eigenvalue weighted by Gasteiger charge is 2.14. The number of nitrogens with one attached hydrogen (secondary N) is 2. The molecule has 9 heteroatoms. The molecule has 2 heterocycles. The van der Waals surface area contributed by atoms with E-state index in [4.69, 9.17) is 23.2 Å². The first-order valence-corrected chi connectivity index (χ1v) is 9.51. The maximum Gasteiger partial charge on any atom is 0.276 e. The molecule has 7 nitrogen and oxygen atoms in total. The molecule has 0 atom stereocenters. The van der Waals surface area contributed by atoms with Gasteiger partial charge in [-0.15, -0.1) is 5.10 Å². The number of carbonyl (C=O) groups is 1. The zero-order chi connectivity index (χ0) is 20.4. The van der Waals surface area contributed by atoms with Gasteiger partial charge in [-0.05, 0) is 30.7 Å². The molecule has 0 spiro atoms. The van der Waals surface area contributed by atoms with Crippen molar-refractivity contribution in [3.8, 4) is 11.3 Å². The number of amides is 1. The number of H-pyrrole nitrogens is 1. The van der Waals surface area contributed by atoms with Crippen molar-refractivity contribution >= 4 is 35.1 Å². The third-order valence-electron chi connectivity index (χ3n) is 4.28. The molecule has 4 rings (SSSR count). The molecule has 0 fully saturated rings. The number of hydrogen-bond acceptors (Lipinski definition) is 4. The van der Waals surface area contributed by atoms with Gasteiger partial charge in [-0.25, -0.2) is 9.67 Å². The minimum absolute atomic E-state index is 0.187. The molecule has 0 aliphatic carbocycles. The van der Waals surface area contributed by atoms with Crippen LogP contribution in [-0.4, -0.2) is 30.9 Å². The van der Waals surface area contributed by atoms with Crippen molar-refractivity contribution in [1.82, 2.24) is 25.0 Å². The van der Waals surface area contributed by atoms with Gasteiger partial charge in [0.15, 0.2) is 0 Å². The van der Waals surface area contributed by atoms with Crippen LogP contribution in [0.15, 0.2) is 54.9 Å². The molecule has 0 radical (unpaired) electrons. The Morgan fingerprint density at radius 2 is 1.93 bits per heavy atom. The Kier molecular flexibility index (Phi) is 5.33. The summed E-state index contributed by atoms with van der Waals surface area (Å²) in [6.45, 7) is 2.42. The summed E-state index contributed by atoms with van der Waals surface area (Å²) in [5, 5.41) is 15.0. The monoisotopic (exact) mass is 426 g/mol. The minimum atomic E-state index is -0.377. The number of aromatic amines is 1. The number of anilines is 1. The Labute approximate surface area is 176 Å². The molecule has 2 aromatic carbocycles. The standard InChI is InChI=1S/C20H16Cl2N6O/c1-12-2-4-13(5-3-12)17-9-18(26-25-17)19(29)24-20-23-11-28(27-20)10-14-6-7-15(21)8-16(14)22/h2-9,11H,10H2,1H3,(H,25,26)(H,24,27,29). The molecule has 0 saturated carbocycles. The van der Waals surface area contributed by atoms with E-state index in [9.17, 15) is 4.79 Å². The van der Waals surface area contributed by atoms with Crippen molar-refractivity contribution in [1.29, 1.82) is 0 Å². The molecule has 2 N–H and O–H groups in total. The Morgan fingerprint density at radius 3 is 2.69 bits per heavy atom. The van der Waals surface area contributed by atoms with Crippen LogP contribution in [-0.2, 0) is 6.54 Å². The van der Waals surface area contributed by atoms with Gasteiger partial charge in [-0.3, -0.25) is 15.2 Å². The Morgan fingerprint density at radius 1 is 1.14 bits per heavy atom. The van der Waals surface area contributed by atoms with E-state index in [1.807, 2.05) is 37.3 Å². The predicted molar refractivity (Wildman–Crippen MR) is 112 cm³/mol. The molecule has 0 unspecified atom stereocenters. The molecule has 146 valence electrons. The first-order valence-electron chi connectivity index (χ1n) is 8.75. The lowest BCUT2D eigenvalue weighted by Gasteiger charge is -2.04. The van der Waals surface area contributed by atoms with Gasteiger partial charge < -0.3 is 0 Å². The van der Waals surface area contributed by atoms with Gasteiger partial charge in [0, 0.05) is 15.6 Å². The van der Waals surface area contributed by atoms with Crippen LogP contribution in [0.1, 0.15) is 21.6 Å². The first kappa shape index (κ1) is 19.2. The molecule has 0 bridgehead atoms. The molecule has 2 aromatic heterocycles. The summed E-state index contributed by atoms with van der Waals surface area (Å²) >= 11 is 12.1. The van der Waals surface area contributed by atoms with Crippen molar-refractivity contribution in [2.24, 2.45) is 0 Å². The minimum Gasteiger partial charge on any atom is -0.288 e. The van der Waals surface area contributed by atoms with Crippen LogP contribution in [0.3, 0.4) is 0 Å². The molecule has 0 aliphatic heterocycles. The number of hydrogen-bond donors (Lipinski definition) is 2. The molecule has 0 saturated heterocycles. The summed E-state index contributed by atoms with van der Waals surface area (Å²) in [6.07, 6.45) is 1.52. The van der Waals surface area contributed by atoms with Crippen molar-refractivity contribution in [3.63, 3.8) is 0 Å². The topological polar surface area (TPSA) is 88.5 Å². The van der Waals surface area contributed by atoms with Crippen molar-refractivity contribution in [2.75, 3.05) is 5.32 Å². The van der Waals surface area contributed by atoms with Crippen LogP contribution in [0.4, 0.5) is 5.95 Å². The van der Waals surface area contributed by atoms with E-state index in [1.165, 1.54) is 6.33 Å². The molecular weight excluding hydrogens is 411 g/mol. The van der Waals surface area contributed by atoms with E-state index in [2.05, 4.69) is 25.6 Å². The molecule has 0 aliphatic rings. The second-order valence-electron chi connectivity index (χ2n) is 6.49. The molecule has 1 amide bonds. The van der Waals surface area contributed by atoms with E-state index in [0.29, 0.717) is 28.0 Å². The third-order valence-corrected chi connectivity index (χ3v) is 4.87. The van der Waals surface area contributed by atoms with E-state index in [0.717, 1.165) is 16.7 Å². The zero-order valence-corrected chi connectivity index (χ0v) is 16.9. The van der Waals surface area contributed by atoms with Gasteiger partial charge in [0.1, 0.15) is 12.0 Å². The van der Waals surface area contributed by atoms with Gasteiger partial charge in [0.2, 0.25) is 5.95 Å². The van der Waals surface area contributed by atoms with Crippen molar-refractivity contribution in [2.45, 2.75) is 13.5 Å². The number of aromatic nitrogens is 5. The number of rotatable bonds is 5. The van der Waals surface area contributed by atoms with Gasteiger partial charge in [0.05, 0.1) is 12.2 Å². The molecule has 29 heavy (non-hydrogen) atoms. The fourth-order valence-corrected chi connectivity index (χ4v) is 3.20. The first-order chi connectivity index (χ1) is 14.0. The largest absolute Gasteiger partial charge is 0.288 e. The number of halogens is 2. The van der Waals surface area contributed by atoms with E-state index >= 15 is 0 Å². The second kappa shape index (κ2) is 8.06. The maximum absolute atomic E-state index is 12.5. The SMILES string of the molecule is Cc1ccc(-c2cc(C(=O)Nc3ncn(Cc4ccc(Cl)cc4Cl)n3)[nH]n2)cc1. The van der Waals surface area contributed by atoms with Gasteiger partial charge in [-0.1, -0.05) is 59.1 Å². The molecular formula is C20H16Cl2N6O. The fraction of sp³-hybridized carbons (Fsp3) is 0.100. The summed E-state index contributed by atoms with van der Waals surface area (Å²) in [5.41, 5.74) is 3.93. The summed E-state index contributed by atoms with van der Waals surface area (Å²) in [5.74, 6) is -0.190. The lowest BCUT2D eigenvalue weighted by atomic mass is 10.1. The van der Waals surface area contributed by atoms with E-state index in [1.54, 1.807) is 22.9 Å².